The van der Waals surface area contributed by atoms with Crippen LogP contribution in [-0.2, 0) is 4.79 Å². The first-order valence-electron chi connectivity index (χ1n) is 11.1. The van der Waals surface area contributed by atoms with Crippen LogP contribution in [0.4, 0.5) is 10.1 Å². The van der Waals surface area contributed by atoms with Gasteiger partial charge in [-0.15, -0.1) is 0 Å². The van der Waals surface area contributed by atoms with E-state index in [-0.39, 0.29) is 30.1 Å². The number of aryl methyl sites for hydroxylation is 1. The third kappa shape index (κ3) is 5.99. The van der Waals surface area contributed by atoms with Crippen LogP contribution in [0, 0.1) is 12.7 Å². The number of carboxylic acid groups (broad SMARTS) is 1. The topological polar surface area (TPSA) is 87.7 Å². The van der Waals surface area contributed by atoms with Crippen LogP contribution in [0.15, 0.2) is 36.4 Å². The minimum Gasteiger partial charge on any atom is -0.494 e. The van der Waals surface area contributed by atoms with Gasteiger partial charge in [-0.25, -0.2) is 4.39 Å². The van der Waals surface area contributed by atoms with Crippen molar-refractivity contribution in [3.63, 3.8) is 0 Å². The van der Waals surface area contributed by atoms with Gasteiger partial charge in [-0.3, -0.25) is 9.59 Å². The van der Waals surface area contributed by atoms with Gasteiger partial charge in [0.05, 0.1) is 12.3 Å². The van der Waals surface area contributed by atoms with Gasteiger partial charge in [0, 0.05) is 30.5 Å². The lowest BCUT2D eigenvalue weighted by Gasteiger charge is -2.18. The minimum absolute atomic E-state index is 0.109. The van der Waals surface area contributed by atoms with E-state index in [0.717, 1.165) is 30.4 Å². The average Bonchev–Trinajstić information content (AvgIpc) is 3.11. The Morgan fingerprint density at radius 3 is 2.59 bits per heavy atom. The molecule has 172 valence electrons. The number of carbonyl (C=O) groups is 2. The molecule has 3 N–H and O–H groups in total. The highest BCUT2D eigenvalue weighted by Gasteiger charge is 2.32. The lowest BCUT2D eigenvalue weighted by molar-refractivity contribution is -0.137. The van der Waals surface area contributed by atoms with E-state index in [9.17, 15) is 14.0 Å². The summed E-state index contributed by atoms with van der Waals surface area (Å²) in [5.41, 5.74) is 3.22. The largest absolute Gasteiger partial charge is 0.494 e. The second-order valence-corrected chi connectivity index (χ2v) is 8.31. The number of ether oxygens (including phenoxy) is 1. The fourth-order valence-corrected chi connectivity index (χ4v) is 4.19. The van der Waals surface area contributed by atoms with E-state index in [0.29, 0.717) is 36.6 Å². The Morgan fingerprint density at radius 1 is 1.12 bits per heavy atom. The van der Waals surface area contributed by atoms with Crippen LogP contribution >= 0.6 is 0 Å². The molecule has 0 aliphatic carbocycles. The molecule has 7 heteroatoms. The Kier molecular flexibility index (Phi) is 8.09. The van der Waals surface area contributed by atoms with Gasteiger partial charge in [0.25, 0.3) is 5.91 Å². The Bertz CT molecular complexity index is 946. The lowest BCUT2D eigenvalue weighted by Crippen LogP contribution is -2.27. The van der Waals surface area contributed by atoms with E-state index in [1.807, 2.05) is 13.8 Å². The molecule has 2 aromatic carbocycles. The molecule has 1 aliphatic heterocycles. The first-order valence-corrected chi connectivity index (χ1v) is 11.1. The number of hydrogen-bond acceptors (Lipinski definition) is 4. The third-order valence-corrected chi connectivity index (χ3v) is 5.92. The molecule has 3 rings (SSSR count). The Morgan fingerprint density at radius 2 is 1.88 bits per heavy atom. The standard InChI is InChI=1S/C25H31FN2O4/c1-16-7-12-21(26)24-23(16)20(17(2)28-24)13-14-27-25(31)18-8-10-19(11-9-18)32-15-5-3-4-6-22(29)30/h7-12,17,20,28H,3-6,13-15H2,1-2H3,(H,27,31)(H,29,30). The van der Waals surface area contributed by atoms with E-state index in [4.69, 9.17) is 9.84 Å². The zero-order valence-electron chi connectivity index (χ0n) is 18.6. The second kappa shape index (κ2) is 11.0. The molecule has 0 saturated heterocycles. The number of carbonyl (C=O) groups excluding carboxylic acids is 1. The number of benzene rings is 2. The smallest absolute Gasteiger partial charge is 0.303 e. The molecule has 0 radical (unpaired) electrons. The molecule has 0 aromatic heterocycles. The van der Waals surface area contributed by atoms with E-state index < -0.39 is 5.97 Å². The van der Waals surface area contributed by atoms with Crippen molar-refractivity contribution in [2.75, 3.05) is 18.5 Å². The summed E-state index contributed by atoms with van der Waals surface area (Å²) in [4.78, 5) is 23.0. The number of amides is 1. The van der Waals surface area contributed by atoms with Crippen LogP contribution in [0.25, 0.3) is 0 Å². The highest BCUT2D eigenvalue weighted by atomic mass is 19.1. The number of nitrogens with one attached hydrogen (secondary N) is 2. The molecular formula is C25H31FN2O4. The molecule has 0 fully saturated rings. The lowest BCUT2D eigenvalue weighted by atomic mass is 9.89. The number of rotatable bonds is 11. The van der Waals surface area contributed by atoms with E-state index >= 15 is 0 Å². The highest BCUT2D eigenvalue weighted by Crippen LogP contribution is 2.41. The zero-order chi connectivity index (χ0) is 23.1. The molecule has 0 spiro atoms. The molecule has 6 nitrogen and oxygen atoms in total. The highest BCUT2D eigenvalue weighted by molar-refractivity contribution is 5.94. The van der Waals surface area contributed by atoms with Gasteiger partial charge in [0.2, 0.25) is 0 Å². The number of fused-ring (bicyclic) bond motifs is 1. The van der Waals surface area contributed by atoms with E-state index in [1.165, 1.54) is 6.07 Å². The van der Waals surface area contributed by atoms with Crippen molar-refractivity contribution in [3.8, 4) is 5.75 Å². The second-order valence-electron chi connectivity index (χ2n) is 8.31. The molecule has 2 aromatic rings. The maximum absolute atomic E-state index is 14.1. The first kappa shape index (κ1) is 23.6. The van der Waals surface area contributed by atoms with Gasteiger partial charge in [0.15, 0.2) is 0 Å². The number of hydrogen-bond donors (Lipinski definition) is 3. The maximum Gasteiger partial charge on any atom is 0.303 e. The number of carboxylic acids is 1. The van der Waals surface area contributed by atoms with Crippen LogP contribution in [0.2, 0.25) is 0 Å². The quantitative estimate of drug-likeness (QED) is 0.432. The van der Waals surface area contributed by atoms with E-state index in [1.54, 1.807) is 30.3 Å². The Balaban J connectivity index is 1.43. The molecule has 2 unspecified atom stereocenters. The van der Waals surface area contributed by atoms with Crippen molar-refractivity contribution >= 4 is 17.6 Å². The van der Waals surface area contributed by atoms with Crippen LogP contribution in [0.3, 0.4) is 0 Å². The number of halogens is 1. The van der Waals surface area contributed by atoms with Crippen molar-refractivity contribution in [2.45, 2.75) is 57.9 Å². The predicted molar refractivity (Wildman–Crippen MR) is 122 cm³/mol. The summed E-state index contributed by atoms with van der Waals surface area (Å²) < 4.78 is 19.8. The Labute approximate surface area is 188 Å². The molecule has 2 atom stereocenters. The van der Waals surface area contributed by atoms with Crippen molar-refractivity contribution in [1.82, 2.24) is 5.32 Å². The third-order valence-electron chi connectivity index (χ3n) is 5.92. The minimum atomic E-state index is -0.775. The SMILES string of the molecule is Cc1ccc(F)c2c1C(CCNC(=O)c1ccc(OCCCCCC(=O)O)cc1)C(C)N2. The van der Waals surface area contributed by atoms with Gasteiger partial charge < -0.3 is 20.5 Å². The average molecular weight is 443 g/mol. The van der Waals surface area contributed by atoms with Crippen LogP contribution < -0.4 is 15.4 Å². The number of anilines is 1. The van der Waals surface area contributed by atoms with Crippen LogP contribution in [0.5, 0.6) is 5.75 Å². The van der Waals surface area contributed by atoms with Gasteiger partial charge >= 0.3 is 5.97 Å². The van der Waals surface area contributed by atoms with Crippen LogP contribution in [-0.4, -0.2) is 36.2 Å². The molecule has 0 saturated carbocycles. The summed E-state index contributed by atoms with van der Waals surface area (Å²) in [7, 11) is 0. The van der Waals surface area contributed by atoms with Crippen molar-refractivity contribution in [3.05, 3.63) is 58.9 Å². The summed E-state index contributed by atoms with van der Waals surface area (Å²) in [6.07, 6.45) is 3.14. The van der Waals surface area contributed by atoms with Gasteiger partial charge in [-0.2, -0.15) is 0 Å². The number of unbranched alkanes of at least 4 members (excludes halogenated alkanes) is 2. The first-order chi connectivity index (χ1) is 15.4. The maximum atomic E-state index is 14.1. The van der Waals surface area contributed by atoms with Gasteiger partial charge in [-0.1, -0.05) is 6.07 Å². The summed E-state index contributed by atoms with van der Waals surface area (Å²) in [6.45, 7) is 5.04. The Hall–Kier alpha value is -3.09. The molecule has 1 heterocycles. The predicted octanol–water partition coefficient (Wildman–Crippen LogP) is 4.88. The summed E-state index contributed by atoms with van der Waals surface area (Å²) >= 11 is 0. The number of aliphatic carboxylic acids is 1. The van der Waals surface area contributed by atoms with Crippen molar-refractivity contribution < 1.29 is 23.8 Å². The monoisotopic (exact) mass is 442 g/mol. The van der Waals surface area contributed by atoms with Gasteiger partial charge in [0.1, 0.15) is 11.6 Å². The summed E-state index contributed by atoms with van der Waals surface area (Å²) in [5.74, 6) is -0.332. The van der Waals surface area contributed by atoms with E-state index in [2.05, 4.69) is 10.6 Å². The van der Waals surface area contributed by atoms with Crippen molar-refractivity contribution in [2.24, 2.45) is 0 Å². The molecule has 1 aliphatic rings. The normalized spacial score (nSPS) is 16.8. The zero-order valence-corrected chi connectivity index (χ0v) is 18.6. The fourth-order valence-electron chi connectivity index (χ4n) is 4.19. The summed E-state index contributed by atoms with van der Waals surface area (Å²) in [5, 5.41) is 14.8. The van der Waals surface area contributed by atoms with Gasteiger partial charge in [-0.05, 0) is 81.0 Å². The molecular weight excluding hydrogens is 411 g/mol. The molecule has 1 amide bonds. The van der Waals surface area contributed by atoms with Crippen molar-refractivity contribution in [1.29, 1.82) is 0 Å². The fraction of sp³-hybridized carbons (Fsp3) is 0.440. The summed E-state index contributed by atoms with van der Waals surface area (Å²) in [6, 6.07) is 10.4. The van der Waals surface area contributed by atoms with Crippen LogP contribution in [0.1, 0.15) is 66.4 Å². The molecule has 0 bridgehead atoms. The molecule has 32 heavy (non-hydrogen) atoms.